The summed E-state index contributed by atoms with van der Waals surface area (Å²) < 4.78 is 5.53. The first-order valence-corrected chi connectivity index (χ1v) is 35.1. The molecule has 12 N–H and O–H groups in total. The molecule has 9 aromatic rings. The number of aromatic hydroxyl groups is 4. The normalized spacial score (nSPS) is 12.0. The number of ether oxygens (including phenoxy) is 1. The molecular formula is C82H69Cl6N9O11. The fourth-order valence-electron chi connectivity index (χ4n) is 9.18. The van der Waals surface area contributed by atoms with Crippen molar-refractivity contribution in [2.45, 2.75) is 63.5 Å². The van der Waals surface area contributed by atoms with Crippen LogP contribution in [0, 0.1) is 47.4 Å². The van der Waals surface area contributed by atoms with Gasteiger partial charge in [-0.3, -0.25) is 19.2 Å². The van der Waals surface area contributed by atoms with Crippen LogP contribution in [0.1, 0.15) is 138 Å². The average molecular weight is 1570 g/mol. The number of amides is 4. The predicted molar refractivity (Wildman–Crippen MR) is 426 cm³/mol. The van der Waals surface area contributed by atoms with Crippen LogP contribution >= 0.6 is 69.6 Å². The van der Waals surface area contributed by atoms with Crippen molar-refractivity contribution in [3.8, 4) is 76.1 Å². The molecule has 0 aliphatic heterocycles. The van der Waals surface area contributed by atoms with Crippen LogP contribution in [0.25, 0.3) is 0 Å². The number of nitrogens with one attached hydrogen (secondary N) is 4. The Morgan fingerprint density at radius 2 is 0.815 bits per heavy atom. The minimum Gasteiger partial charge on any atom is -0.506 e. The zero-order valence-electron chi connectivity index (χ0n) is 57.5. The van der Waals surface area contributed by atoms with Crippen molar-refractivity contribution >= 4 is 118 Å². The van der Waals surface area contributed by atoms with Gasteiger partial charge < -0.3 is 41.1 Å². The number of nitrogens with zero attached hydrogens (tertiary/aromatic N) is 4. The Morgan fingerprint density at radius 3 is 1.19 bits per heavy atom. The van der Waals surface area contributed by atoms with Gasteiger partial charge >= 0.3 is 0 Å². The molecular weight excluding hydrogens is 1500 g/mol. The second kappa shape index (κ2) is 43.7. The van der Waals surface area contributed by atoms with Crippen molar-refractivity contribution in [2.75, 3.05) is 13.2 Å². The number of phenols is 4. The number of hydrazone groups is 4. The first-order valence-electron chi connectivity index (χ1n) is 32.8. The molecule has 0 radical (unpaired) electrons. The standard InChI is InChI=1S/C23H15Cl3N2O3.C22H22ClN3O2.C20H19ClN2O3.C17H13ClN2O3/c24-18-7-2-8-19(25)22(18)31-11-3-6-15-4-1-5-16(12-15)14-27-28-23(30)17-9-10-21(29)20(26)13-17;23-19-14-18(8-9-20(19)27)21(28)26-25-15-17-6-4-16(5-7-17)10-13-22(24)11-2-1-3-12-22;1-2-17(24)8-4-6-14-5-3-7-15(11-14)13-22-23-20(26)16-9-10-19(25)18(21)12-16;18-15-10-14(6-7-16(15)22)17(23)20-19-11-13-4-1-3-12(9-13)5-2-8-21/h1-2,4-5,7-10,12-14,29H,11H2,(H,28,30);4-9,14-15,27H,1-3,11-12,24H2,(H,26,28);3,5,7,9-13,17,24-25H,2,8H2,1H3,(H,23,26);1,3-4,6-7,9-11,21-22H,8H2,(H,20,23)/b27-14+;25-15+;22-13+;19-11+. The number of carbonyl (C=O) groups is 4. The van der Waals surface area contributed by atoms with Crippen molar-refractivity contribution in [1.29, 1.82) is 0 Å². The highest BCUT2D eigenvalue weighted by Gasteiger charge is 2.25. The molecule has 20 nitrogen and oxygen atoms in total. The number of carbonyl (C=O) groups excluding carboxylic acids is 4. The number of benzene rings is 9. The molecule has 1 atom stereocenters. The van der Waals surface area contributed by atoms with E-state index in [-0.39, 0.29) is 73.0 Å². The summed E-state index contributed by atoms with van der Waals surface area (Å²) in [5.41, 5.74) is 23.0. The Morgan fingerprint density at radius 1 is 0.454 bits per heavy atom. The molecule has 0 spiro atoms. The highest BCUT2D eigenvalue weighted by atomic mass is 35.5. The van der Waals surface area contributed by atoms with Gasteiger partial charge in [-0.05, 0) is 175 Å². The molecule has 108 heavy (non-hydrogen) atoms. The zero-order chi connectivity index (χ0) is 77.8. The van der Waals surface area contributed by atoms with Gasteiger partial charge in [0.05, 0.1) is 66.6 Å². The van der Waals surface area contributed by atoms with E-state index >= 15 is 0 Å². The van der Waals surface area contributed by atoms with Gasteiger partial charge in [0.1, 0.15) is 36.2 Å². The summed E-state index contributed by atoms with van der Waals surface area (Å²) in [7, 11) is 0. The lowest BCUT2D eigenvalue weighted by atomic mass is 9.83. The second-order valence-corrected chi connectivity index (χ2v) is 25.5. The zero-order valence-corrected chi connectivity index (χ0v) is 62.0. The maximum atomic E-state index is 12.1. The van der Waals surface area contributed by atoms with Gasteiger partial charge in [0.15, 0.2) is 5.75 Å². The Balaban J connectivity index is 0.000000202. The molecule has 1 unspecified atom stereocenters. The van der Waals surface area contributed by atoms with Crippen LogP contribution < -0.4 is 32.2 Å². The highest BCUT2D eigenvalue weighted by Crippen LogP contribution is 2.33. The molecule has 550 valence electrons. The van der Waals surface area contributed by atoms with Gasteiger partial charge in [-0.1, -0.05) is 198 Å². The molecule has 1 fully saturated rings. The number of para-hydroxylation sites is 1. The van der Waals surface area contributed by atoms with E-state index in [1.165, 1.54) is 97.9 Å². The summed E-state index contributed by atoms with van der Waals surface area (Å²) in [6.07, 6.45) is 12.1. The third kappa shape index (κ3) is 28.7. The summed E-state index contributed by atoms with van der Waals surface area (Å²) in [6, 6.07) is 51.1. The smallest absolute Gasteiger partial charge is 0.271 e. The monoisotopic (exact) mass is 1570 g/mol. The van der Waals surface area contributed by atoms with E-state index in [1.807, 2.05) is 79.7 Å². The highest BCUT2D eigenvalue weighted by molar-refractivity contribution is 6.37. The molecule has 1 aliphatic carbocycles. The molecule has 10 rings (SSSR count). The average Bonchev–Trinajstić information content (AvgIpc) is 0.881. The fraction of sp³-hybridized carbons (Fsp3) is 0.146. The predicted octanol–water partition coefficient (Wildman–Crippen LogP) is 14.8. The Kier molecular flexibility index (Phi) is 33.9. The number of hydrogen-bond donors (Lipinski definition) is 11. The van der Waals surface area contributed by atoms with Crippen LogP contribution in [-0.4, -0.2) is 104 Å². The van der Waals surface area contributed by atoms with Crippen LogP contribution in [0.3, 0.4) is 0 Å². The Labute approximate surface area is 653 Å². The lowest BCUT2D eigenvalue weighted by Gasteiger charge is -2.27. The molecule has 9 aromatic carbocycles. The van der Waals surface area contributed by atoms with Crippen molar-refractivity contribution < 1.29 is 54.6 Å². The van der Waals surface area contributed by atoms with Gasteiger partial charge in [-0.25, -0.2) is 21.7 Å². The molecule has 0 saturated heterocycles. The lowest BCUT2D eigenvalue weighted by molar-refractivity contribution is 0.0947. The molecule has 0 bridgehead atoms. The van der Waals surface area contributed by atoms with E-state index in [4.69, 9.17) is 85.2 Å². The summed E-state index contributed by atoms with van der Waals surface area (Å²) in [4.78, 5) is 48.0. The van der Waals surface area contributed by atoms with Crippen LogP contribution in [0.2, 0.25) is 30.1 Å². The summed E-state index contributed by atoms with van der Waals surface area (Å²) >= 11 is 35.2. The number of halogens is 6. The lowest BCUT2D eigenvalue weighted by Crippen LogP contribution is -2.40. The second-order valence-electron chi connectivity index (χ2n) is 23.1. The number of aliphatic hydroxyl groups is 2. The van der Waals surface area contributed by atoms with Gasteiger partial charge in [-0.2, -0.15) is 20.4 Å². The molecule has 1 saturated carbocycles. The van der Waals surface area contributed by atoms with E-state index in [0.29, 0.717) is 39.8 Å². The van der Waals surface area contributed by atoms with E-state index in [0.717, 1.165) is 70.2 Å². The van der Waals surface area contributed by atoms with E-state index in [9.17, 15) is 44.7 Å². The van der Waals surface area contributed by atoms with Gasteiger partial charge in [0, 0.05) is 50.9 Å². The number of phenolic OH excluding ortho intramolecular Hbond substituents is 4. The Bertz CT molecular complexity index is 5040. The van der Waals surface area contributed by atoms with Crippen LogP contribution in [-0.2, 0) is 0 Å². The minimum atomic E-state index is -0.454. The summed E-state index contributed by atoms with van der Waals surface area (Å²) in [6.45, 7) is 1.82. The maximum absolute atomic E-state index is 12.1. The first-order chi connectivity index (χ1) is 52.0. The molecule has 0 aromatic heterocycles. The topological polar surface area (TPSA) is 322 Å². The first kappa shape index (κ1) is 83.7. The van der Waals surface area contributed by atoms with Gasteiger partial charge in [0.2, 0.25) is 0 Å². The number of hydrogen-bond acceptors (Lipinski definition) is 16. The van der Waals surface area contributed by atoms with E-state index < -0.39 is 29.7 Å². The summed E-state index contributed by atoms with van der Waals surface area (Å²) in [5, 5.41) is 72.5. The number of rotatable bonds is 16. The molecule has 4 amide bonds. The quantitative estimate of drug-likeness (QED) is 0.0244. The molecule has 1 aliphatic rings. The van der Waals surface area contributed by atoms with Crippen molar-refractivity contribution in [3.05, 3.63) is 285 Å². The van der Waals surface area contributed by atoms with Gasteiger partial charge in [-0.15, -0.1) is 0 Å². The third-order valence-electron chi connectivity index (χ3n) is 14.9. The SMILES string of the molecule is CCC(O)CC#Cc1cccc(/C=N/NC(=O)c2ccc(O)c(Cl)c2)c1.NC1(C#Cc2ccc(/C=N/NC(=O)c3ccc(O)c(Cl)c3)cc2)CCCCC1.O=C(N/N=C/c1cccc(C#CCO)c1)c1ccc(O)c(Cl)c1.O=C(N/N=C/c1cccc(C#CCOc2c(Cl)cccc2Cl)c1)c1ccc(O)c(Cl)c1. The molecule has 0 heterocycles. The van der Waals surface area contributed by atoms with Crippen molar-refractivity contribution in [1.82, 2.24) is 21.7 Å². The maximum Gasteiger partial charge on any atom is 0.271 e. The van der Waals surface area contributed by atoms with Crippen molar-refractivity contribution in [2.24, 2.45) is 26.1 Å². The molecule has 26 heteroatoms. The largest absolute Gasteiger partial charge is 0.506 e. The van der Waals surface area contributed by atoms with Crippen LogP contribution in [0.15, 0.2) is 208 Å². The van der Waals surface area contributed by atoms with Crippen LogP contribution in [0.5, 0.6) is 28.7 Å². The van der Waals surface area contributed by atoms with E-state index in [1.54, 1.807) is 48.7 Å². The number of nitrogens with two attached hydrogens (primary N) is 1. The number of aliphatic hydroxyl groups excluding tert-OH is 2. The van der Waals surface area contributed by atoms with Crippen molar-refractivity contribution in [3.63, 3.8) is 0 Å². The fourth-order valence-corrected chi connectivity index (χ4v) is 10.4. The van der Waals surface area contributed by atoms with Gasteiger partial charge in [0.25, 0.3) is 23.6 Å². The minimum absolute atomic E-state index is 0.0750. The summed E-state index contributed by atoms with van der Waals surface area (Å²) in [5.74, 6) is 21.8. The van der Waals surface area contributed by atoms with E-state index in [2.05, 4.69) is 89.5 Å². The third-order valence-corrected chi connectivity index (χ3v) is 16.7. The van der Waals surface area contributed by atoms with Crippen LogP contribution in [0.4, 0.5) is 0 Å². The Hall–Kier alpha value is -11.6.